The van der Waals surface area contributed by atoms with Crippen molar-refractivity contribution >= 4 is 28.2 Å². The lowest BCUT2D eigenvalue weighted by molar-refractivity contribution is -0.383. The minimum Gasteiger partial charge on any atom is -0.480 e. The number of nitrogens with zero attached hydrogens (tertiary/aromatic N) is 2. The molecule has 0 bridgehead atoms. The van der Waals surface area contributed by atoms with Crippen molar-refractivity contribution in [3.8, 4) is 0 Å². The molecule has 7 heteroatoms. The van der Waals surface area contributed by atoms with Gasteiger partial charge in [0.1, 0.15) is 11.1 Å². The van der Waals surface area contributed by atoms with E-state index in [1.807, 2.05) is 0 Å². The van der Waals surface area contributed by atoms with Crippen LogP contribution in [0.15, 0.2) is 30.5 Å². The van der Waals surface area contributed by atoms with Crippen molar-refractivity contribution in [1.29, 1.82) is 0 Å². The van der Waals surface area contributed by atoms with Crippen molar-refractivity contribution < 1.29 is 14.8 Å². The largest absolute Gasteiger partial charge is 0.480 e. The Morgan fingerprint density at radius 3 is 2.76 bits per heavy atom. The molecule has 1 unspecified atom stereocenters. The van der Waals surface area contributed by atoms with Crippen LogP contribution in [-0.4, -0.2) is 26.5 Å². The smallest absolute Gasteiger partial charge is 0.329 e. The molecule has 1 atom stereocenters. The quantitative estimate of drug-likeness (QED) is 0.647. The lowest BCUT2D eigenvalue weighted by Gasteiger charge is -2.26. The normalized spacial score (nSPS) is 13.6. The van der Waals surface area contributed by atoms with E-state index in [0.29, 0.717) is 17.5 Å². The Morgan fingerprint density at radius 1 is 1.48 bits per heavy atom. The summed E-state index contributed by atoms with van der Waals surface area (Å²) in [6, 6.07) is 6.21. The van der Waals surface area contributed by atoms with Gasteiger partial charge in [0, 0.05) is 23.3 Å². The number of nitro benzene ring substituents is 1. The molecule has 0 amide bonds. The van der Waals surface area contributed by atoms with Gasteiger partial charge in [-0.1, -0.05) is 19.1 Å². The number of benzene rings is 1. The van der Waals surface area contributed by atoms with Crippen LogP contribution in [0.3, 0.4) is 0 Å². The summed E-state index contributed by atoms with van der Waals surface area (Å²) in [6.07, 6.45) is 1.79. The number of aliphatic carboxylic acids is 1. The Morgan fingerprint density at radius 2 is 2.19 bits per heavy atom. The van der Waals surface area contributed by atoms with Crippen molar-refractivity contribution in [2.75, 3.05) is 5.32 Å². The topological polar surface area (TPSA) is 105 Å². The van der Waals surface area contributed by atoms with Gasteiger partial charge in [-0.25, -0.2) is 9.78 Å². The first-order chi connectivity index (χ1) is 9.89. The Bertz CT molecular complexity index is 716. The number of hydrogen-bond acceptors (Lipinski definition) is 5. The van der Waals surface area contributed by atoms with Gasteiger partial charge in [-0.05, 0) is 19.4 Å². The molecular weight excluding hydrogens is 274 g/mol. The second-order valence-electron chi connectivity index (χ2n) is 4.90. The van der Waals surface area contributed by atoms with Crippen molar-refractivity contribution in [1.82, 2.24) is 4.98 Å². The van der Waals surface area contributed by atoms with Crippen LogP contribution in [-0.2, 0) is 4.79 Å². The zero-order valence-electron chi connectivity index (χ0n) is 11.7. The first kappa shape index (κ1) is 14.7. The highest BCUT2D eigenvalue weighted by molar-refractivity contribution is 5.98. The van der Waals surface area contributed by atoms with E-state index >= 15 is 0 Å². The molecule has 1 heterocycles. The predicted molar refractivity (Wildman–Crippen MR) is 78.4 cm³/mol. The molecule has 110 valence electrons. The Kier molecular flexibility index (Phi) is 3.75. The third-order valence-electron chi connectivity index (χ3n) is 3.54. The van der Waals surface area contributed by atoms with Gasteiger partial charge in [0.05, 0.1) is 4.92 Å². The van der Waals surface area contributed by atoms with Crippen LogP contribution in [0.2, 0.25) is 0 Å². The van der Waals surface area contributed by atoms with Crippen molar-refractivity contribution in [3.63, 3.8) is 0 Å². The van der Waals surface area contributed by atoms with Crippen LogP contribution in [0.25, 0.3) is 10.9 Å². The summed E-state index contributed by atoms with van der Waals surface area (Å²) >= 11 is 0. The minimum atomic E-state index is -1.15. The SMILES string of the molecule is CCC(C)(Nc1ccnc2c([N+](=O)[O-])cccc12)C(=O)O. The monoisotopic (exact) mass is 289 g/mol. The molecule has 0 aliphatic rings. The Balaban J connectivity index is 2.59. The van der Waals surface area contributed by atoms with Crippen molar-refractivity contribution in [2.45, 2.75) is 25.8 Å². The molecule has 0 aliphatic heterocycles. The third-order valence-corrected chi connectivity index (χ3v) is 3.54. The number of rotatable bonds is 5. The Labute approximate surface area is 120 Å². The van der Waals surface area contributed by atoms with Gasteiger partial charge in [0.2, 0.25) is 0 Å². The number of aromatic nitrogens is 1. The summed E-state index contributed by atoms with van der Waals surface area (Å²) in [5.41, 5.74) is -0.518. The number of fused-ring (bicyclic) bond motifs is 1. The number of pyridine rings is 1. The molecule has 1 aromatic carbocycles. The first-order valence-electron chi connectivity index (χ1n) is 6.42. The summed E-state index contributed by atoms with van der Waals surface area (Å²) < 4.78 is 0. The summed E-state index contributed by atoms with van der Waals surface area (Å²) in [6.45, 7) is 3.33. The number of non-ortho nitro benzene ring substituents is 1. The third kappa shape index (κ3) is 2.62. The van der Waals surface area contributed by atoms with Crippen LogP contribution < -0.4 is 5.32 Å². The standard InChI is InChI=1S/C14H15N3O4/c1-3-14(2,13(18)19)16-10-7-8-15-12-9(10)5-4-6-11(12)17(20)21/h4-8H,3H2,1-2H3,(H,15,16)(H,18,19). The lowest BCUT2D eigenvalue weighted by Crippen LogP contribution is -2.42. The molecule has 0 saturated carbocycles. The molecule has 2 rings (SSSR count). The summed E-state index contributed by atoms with van der Waals surface area (Å²) in [4.78, 5) is 25.9. The van der Waals surface area contributed by atoms with E-state index < -0.39 is 16.4 Å². The maximum Gasteiger partial charge on any atom is 0.329 e. The van der Waals surface area contributed by atoms with E-state index in [4.69, 9.17) is 0 Å². The van der Waals surface area contributed by atoms with E-state index in [-0.39, 0.29) is 11.2 Å². The fourth-order valence-electron chi connectivity index (χ4n) is 2.01. The number of para-hydroxylation sites is 1. The molecule has 0 aliphatic carbocycles. The molecule has 0 spiro atoms. The molecule has 7 nitrogen and oxygen atoms in total. The van der Waals surface area contributed by atoms with E-state index in [1.54, 1.807) is 32.0 Å². The van der Waals surface area contributed by atoms with Crippen molar-refractivity contribution in [2.24, 2.45) is 0 Å². The fourth-order valence-corrected chi connectivity index (χ4v) is 2.01. The van der Waals surface area contributed by atoms with E-state index in [2.05, 4.69) is 10.3 Å². The molecule has 2 aromatic rings. The second-order valence-corrected chi connectivity index (χ2v) is 4.90. The molecule has 21 heavy (non-hydrogen) atoms. The fraction of sp³-hybridized carbons (Fsp3) is 0.286. The predicted octanol–water partition coefficient (Wildman–Crippen LogP) is 2.81. The highest BCUT2D eigenvalue weighted by Crippen LogP contribution is 2.30. The van der Waals surface area contributed by atoms with E-state index in [0.717, 1.165) is 0 Å². The van der Waals surface area contributed by atoms with Crippen LogP contribution in [0, 0.1) is 10.1 Å². The molecule has 2 N–H and O–H groups in total. The molecular formula is C14H15N3O4. The molecule has 0 radical (unpaired) electrons. The highest BCUT2D eigenvalue weighted by Gasteiger charge is 2.31. The number of anilines is 1. The number of nitrogens with one attached hydrogen (secondary N) is 1. The minimum absolute atomic E-state index is 0.107. The van der Waals surface area contributed by atoms with Crippen LogP contribution >= 0.6 is 0 Å². The molecule has 0 saturated heterocycles. The first-order valence-corrected chi connectivity index (χ1v) is 6.42. The van der Waals surface area contributed by atoms with Gasteiger partial charge in [-0.15, -0.1) is 0 Å². The van der Waals surface area contributed by atoms with Gasteiger partial charge >= 0.3 is 5.97 Å². The van der Waals surface area contributed by atoms with Gasteiger partial charge in [0.15, 0.2) is 0 Å². The number of hydrogen-bond donors (Lipinski definition) is 2. The van der Waals surface area contributed by atoms with Crippen LogP contribution in [0.5, 0.6) is 0 Å². The Hall–Kier alpha value is -2.70. The van der Waals surface area contributed by atoms with Crippen LogP contribution in [0.1, 0.15) is 20.3 Å². The zero-order valence-corrected chi connectivity index (χ0v) is 11.7. The molecule has 0 fully saturated rings. The summed E-state index contributed by atoms with van der Waals surface area (Å²) in [5.74, 6) is -0.986. The number of carboxylic acids is 1. The van der Waals surface area contributed by atoms with Gasteiger partial charge in [0.25, 0.3) is 5.69 Å². The number of carbonyl (C=O) groups is 1. The van der Waals surface area contributed by atoms with Crippen LogP contribution in [0.4, 0.5) is 11.4 Å². The van der Waals surface area contributed by atoms with Crippen molar-refractivity contribution in [3.05, 3.63) is 40.6 Å². The average molecular weight is 289 g/mol. The number of carboxylic acid groups (broad SMARTS) is 1. The maximum atomic E-state index is 11.4. The lowest BCUT2D eigenvalue weighted by atomic mass is 9.98. The van der Waals surface area contributed by atoms with E-state index in [9.17, 15) is 20.0 Å². The van der Waals surface area contributed by atoms with Gasteiger partial charge in [-0.3, -0.25) is 10.1 Å². The second kappa shape index (κ2) is 5.35. The maximum absolute atomic E-state index is 11.4. The number of nitro groups is 1. The van der Waals surface area contributed by atoms with Gasteiger partial charge < -0.3 is 10.4 Å². The zero-order chi connectivity index (χ0) is 15.6. The summed E-state index contributed by atoms with van der Waals surface area (Å²) in [7, 11) is 0. The average Bonchev–Trinajstić information content (AvgIpc) is 2.46. The highest BCUT2D eigenvalue weighted by atomic mass is 16.6. The molecule has 1 aromatic heterocycles. The van der Waals surface area contributed by atoms with Gasteiger partial charge in [-0.2, -0.15) is 0 Å². The summed E-state index contributed by atoms with van der Waals surface area (Å²) in [5, 5.41) is 23.8. The van der Waals surface area contributed by atoms with E-state index in [1.165, 1.54) is 12.3 Å².